The maximum absolute atomic E-state index is 13.0. The summed E-state index contributed by atoms with van der Waals surface area (Å²) in [6.07, 6.45) is 12.3. The highest BCUT2D eigenvalue weighted by atomic mass is 16.3. The predicted octanol–water partition coefficient (Wildman–Crippen LogP) is 4.51. The van der Waals surface area contributed by atoms with Crippen LogP contribution in [0.5, 0.6) is 0 Å². The van der Waals surface area contributed by atoms with Crippen molar-refractivity contribution in [1.82, 2.24) is 19.7 Å². The topological polar surface area (TPSA) is 80.9 Å². The average molecular weight is 429 g/mol. The van der Waals surface area contributed by atoms with Gasteiger partial charge >= 0.3 is 0 Å². The van der Waals surface area contributed by atoms with Gasteiger partial charge in [-0.2, -0.15) is 5.10 Å². The van der Waals surface area contributed by atoms with E-state index in [1.54, 1.807) is 17.1 Å². The maximum Gasteiger partial charge on any atom is 0.170 e. The Morgan fingerprint density at radius 3 is 2.62 bits per heavy atom. The number of ketones is 1. The van der Waals surface area contributed by atoms with Gasteiger partial charge in [0.1, 0.15) is 0 Å². The lowest BCUT2D eigenvalue weighted by Gasteiger charge is -2.18. The first-order valence-corrected chi connectivity index (χ1v) is 11.4. The maximum atomic E-state index is 13.0. The highest BCUT2D eigenvalue weighted by Crippen LogP contribution is 2.39. The SMILES string of the molecule is Cc1cc(CC(=O)c2cnn(-c3ccc(C4CC4)cn3)c2C)cnc1C1=CCC(O)CC1. The van der Waals surface area contributed by atoms with Gasteiger partial charge in [-0.1, -0.05) is 18.2 Å². The lowest BCUT2D eigenvalue weighted by Crippen LogP contribution is -2.11. The van der Waals surface area contributed by atoms with Gasteiger partial charge in [0, 0.05) is 18.8 Å². The van der Waals surface area contributed by atoms with Crippen LogP contribution in [0.25, 0.3) is 11.4 Å². The number of carbonyl (C=O) groups excluding carboxylic acids is 1. The van der Waals surface area contributed by atoms with Crippen molar-refractivity contribution in [2.24, 2.45) is 0 Å². The summed E-state index contributed by atoms with van der Waals surface area (Å²) in [5, 5.41) is 14.1. The molecule has 0 spiro atoms. The van der Waals surface area contributed by atoms with E-state index in [2.05, 4.69) is 27.2 Å². The molecule has 0 saturated heterocycles. The van der Waals surface area contributed by atoms with Crippen LogP contribution in [0.4, 0.5) is 0 Å². The van der Waals surface area contributed by atoms with E-state index < -0.39 is 0 Å². The number of aryl methyl sites for hydroxylation is 1. The van der Waals surface area contributed by atoms with Gasteiger partial charge < -0.3 is 5.11 Å². The van der Waals surface area contributed by atoms with Crippen molar-refractivity contribution in [2.75, 3.05) is 0 Å². The first-order valence-electron chi connectivity index (χ1n) is 11.4. The molecule has 0 radical (unpaired) electrons. The summed E-state index contributed by atoms with van der Waals surface area (Å²) in [5.74, 6) is 1.42. The van der Waals surface area contributed by atoms with Crippen molar-refractivity contribution in [2.45, 2.75) is 64.4 Å². The number of Topliss-reactive ketones (excluding diaryl/α,β-unsaturated/α-hetero) is 1. The Balaban J connectivity index is 1.31. The van der Waals surface area contributed by atoms with Crippen molar-refractivity contribution in [3.8, 4) is 5.82 Å². The molecule has 3 aromatic heterocycles. The molecule has 0 aliphatic heterocycles. The van der Waals surface area contributed by atoms with Crippen LogP contribution >= 0.6 is 0 Å². The third kappa shape index (κ3) is 4.15. The van der Waals surface area contributed by atoms with Crippen LogP contribution in [0.1, 0.15) is 76.5 Å². The number of allylic oxidation sites excluding steroid dienone is 1. The van der Waals surface area contributed by atoms with Crippen LogP contribution in [0, 0.1) is 13.8 Å². The van der Waals surface area contributed by atoms with Crippen molar-refractivity contribution in [3.05, 3.63) is 76.5 Å². The van der Waals surface area contributed by atoms with Crippen LogP contribution in [0.2, 0.25) is 0 Å². The molecule has 1 N–H and O–H groups in total. The van der Waals surface area contributed by atoms with Gasteiger partial charge in [-0.15, -0.1) is 0 Å². The molecule has 2 aliphatic rings. The third-order valence-corrected chi connectivity index (χ3v) is 6.53. The minimum Gasteiger partial charge on any atom is -0.393 e. The van der Waals surface area contributed by atoms with Gasteiger partial charge in [0.05, 0.1) is 29.3 Å². The fraction of sp³-hybridized carbons (Fsp3) is 0.385. The van der Waals surface area contributed by atoms with Gasteiger partial charge in [-0.05, 0) is 80.2 Å². The molecule has 1 unspecified atom stereocenters. The Hall–Kier alpha value is -3.12. The second-order valence-electron chi connectivity index (χ2n) is 9.05. The molecule has 0 bridgehead atoms. The second kappa shape index (κ2) is 8.43. The van der Waals surface area contributed by atoms with Crippen LogP contribution in [0.15, 0.2) is 42.9 Å². The Morgan fingerprint density at radius 2 is 1.97 bits per heavy atom. The zero-order valence-corrected chi connectivity index (χ0v) is 18.6. The Kier molecular flexibility index (Phi) is 5.47. The van der Waals surface area contributed by atoms with Gasteiger partial charge in [-0.3, -0.25) is 9.78 Å². The number of nitrogens with zero attached hydrogens (tertiary/aromatic N) is 4. The van der Waals surface area contributed by atoms with Crippen molar-refractivity contribution >= 4 is 11.4 Å². The Morgan fingerprint density at radius 1 is 1.12 bits per heavy atom. The standard InChI is InChI=1S/C26H28N4O2/c1-16-11-18(13-28-26(16)20-5-8-22(31)9-6-20)12-24(32)23-15-29-30(17(23)2)25-10-7-21(14-27-25)19-3-4-19/h5,7,10-11,13-15,19,22,31H,3-4,6,8-9,12H2,1-2H3. The highest BCUT2D eigenvalue weighted by Gasteiger charge is 2.24. The lowest BCUT2D eigenvalue weighted by atomic mass is 9.92. The molecule has 0 amide bonds. The molecule has 164 valence electrons. The number of aliphatic hydroxyl groups is 1. The summed E-state index contributed by atoms with van der Waals surface area (Å²) in [6.45, 7) is 3.94. The van der Waals surface area contributed by atoms with E-state index in [1.165, 1.54) is 24.0 Å². The number of aromatic nitrogens is 4. The first kappa shape index (κ1) is 20.8. The van der Waals surface area contributed by atoms with Gasteiger partial charge in [0.2, 0.25) is 0 Å². The Bertz CT molecular complexity index is 1190. The quantitative estimate of drug-likeness (QED) is 0.584. The summed E-state index contributed by atoms with van der Waals surface area (Å²) in [6, 6.07) is 6.14. The molecule has 1 atom stereocenters. The van der Waals surface area contributed by atoms with E-state index >= 15 is 0 Å². The number of hydrogen-bond donors (Lipinski definition) is 1. The molecular formula is C26H28N4O2. The largest absolute Gasteiger partial charge is 0.393 e. The lowest BCUT2D eigenvalue weighted by molar-refractivity contribution is 0.0992. The zero-order chi connectivity index (χ0) is 22.2. The smallest absolute Gasteiger partial charge is 0.170 e. The zero-order valence-electron chi connectivity index (χ0n) is 18.6. The second-order valence-corrected chi connectivity index (χ2v) is 9.05. The van der Waals surface area contributed by atoms with Crippen LogP contribution < -0.4 is 0 Å². The van der Waals surface area contributed by atoms with Crippen molar-refractivity contribution in [1.29, 1.82) is 0 Å². The number of aliphatic hydroxyl groups excluding tert-OH is 1. The minimum absolute atomic E-state index is 0.0253. The van der Waals surface area contributed by atoms with Gasteiger partial charge in [0.15, 0.2) is 11.6 Å². The fourth-order valence-electron chi connectivity index (χ4n) is 4.48. The fourth-order valence-corrected chi connectivity index (χ4v) is 4.48. The van der Waals surface area contributed by atoms with Gasteiger partial charge in [0.25, 0.3) is 0 Å². The van der Waals surface area contributed by atoms with Crippen molar-refractivity contribution in [3.63, 3.8) is 0 Å². The van der Waals surface area contributed by atoms with Crippen LogP contribution in [-0.4, -0.2) is 36.7 Å². The van der Waals surface area contributed by atoms with E-state index in [0.29, 0.717) is 17.9 Å². The molecule has 0 aromatic carbocycles. The minimum atomic E-state index is -0.244. The van der Waals surface area contributed by atoms with Crippen molar-refractivity contribution < 1.29 is 9.90 Å². The van der Waals surface area contributed by atoms with Crippen LogP contribution in [-0.2, 0) is 6.42 Å². The number of hydrogen-bond acceptors (Lipinski definition) is 5. The Labute approximate surface area is 188 Å². The predicted molar refractivity (Wildman–Crippen MR) is 123 cm³/mol. The molecule has 3 heterocycles. The summed E-state index contributed by atoms with van der Waals surface area (Å²) >= 11 is 0. The monoisotopic (exact) mass is 428 g/mol. The molecule has 3 aromatic rings. The summed E-state index contributed by atoms with van der Waals surface area (Å²) < 4.78 is 1.74. The number of carbonyl (C=O) groups is 1. The molecule has 2 aliphatic carbocycles. The van der Waals surface area contributed by atoms with Gasteiger partial charge in [-0.25, -0.2) is 9.67 Å². The molecule has 1 fully saturated rings. The molecule has 6 nitrogen and oxygen atoms in total. The van der Waals surface area contributed by atoms with E-state index in [4.69, 9.17) is 0 Å². The summed E-state index contributed by atoms with van der Waals surface area (Å²) in [5.41, 5.74) is 6.80. The van der Waals surface area contributed by atoms with E-state index in [1.807, 2.05) is 32.2 Å². The molecule has 6 heteroatoms. The third-order valence-electron chi connectivity index (χ3n) is 6.53. The van der Waals surface area contributed by atoms with E-state index in [0.717, 1.165) is 41.2 Å². The number of rotatable bonds is 6. The summed E-state index contributed by atoms with van der Waals surface area (Å²) in [7, 11) is 0. The van der Waals surface area contributed by atoms with Crippen LogP contribution in [0.3, 0.4) is 0 Å². The molecule has 32 heavy (non-hydrogen) atoms. The molecular weight excluding hydrogens is 400 g/mol. The van der Waals surface area contributed by atoms with E-state index in [-0.39, 0.29) is 18.3 Å². The molecule has 5 rings (SSSR count). The summed E-state index contributed by atoms with van der Waals surface area (Å²) in [4.78, 5) is 22.2. The highest BCUT2D eigenvalue weighted by molar-refractivity contribution is 5.98. The normalized spacial score (nSPS) is 18.5. The first-order chi connectivity index (χ1) is 15.5. The van der Waals surface area contributed by atoms with E-state index in [9.17, 15) is 9.90 Å². The number of pyridine rings is 2. The average Bonchev–Trinajstić information content (AvgIpc) is 3.57. The molecule has 1 saturated carbocycles.